The topological polar surface area (TPSA) is 58.6 Å². The fraction of sp³-hybridized carbons (Fsp3) is 0.429. The second kappa shape index (κ2) is 6.17. The molecule has 1 aromatic rings. The average molecular weight is 298 g/mol. The molecule has 0 radical (unpaired) electrons. The van der Waals surface area contributed by atoms with E-state index in [9.17, 15) is 18.4 Å². The van der Waals surface area contributed by atoms with Crippen molar-refractivity contribution in [1.82, 2.24) is 4.90 Å². The smallest absolute Gasteiger partial charge is 0.313 e. The van der Waals surface area contributed by atoms with Crippen LogP contribution in [0.3, 0.4) is 0 Å². The summed E-state index contributed by atoms with van der Waals surface area (Å²) in [6.45, 7) is 4.23. The molecule has 0 aliphatic carbocycles. The van der Waals surface area contributed by atoms with E-state index >= 15 is 0 Å². The van der Waals surface area contributed by atoms with Gasteiger partial charge in [0, 0.05) is 18.3 Å². The quantitative estimate of drug-likeness (QED) is 0.800. The molecule has 0 unspecified atom stereocenters. The van der Waals surface area contributed by atoms with Crippen LogP contribution in [0.4, 0.5) is 14.5 Å². The fourth-order valence-electron chi connectivity index (χ4n) is 2.16. The van der Waals surface area contributed by atoms with Crippen LogP contribution in [0.5, 0.6) is 0 Å². The van der Waals surface area contributed by atoms with Crippen molar-refractivity contribution in [3.8, 4) is 0 Å². The van der Waals surface area contributed by atoms with E-state index in [1.807, 2.05) is 6.92 Å². The molecule has 114 valence electrons. The van der Waals surface area contributed by atoms with Crippen LogP contribution >= 0.6 is 0 Å². The SMILES string of the molecule is C[C@@H]1OCCN(C(=O)C(=O)Nc2cc(F)cc(F)c2)[C@H]1C. The molecule has 7 heteroatoms. The van der Waals surface area contributed by atoms with E-state index in [1.165, 1.54) is 4.90 Å². The van der Waals surface area contributed by atoms with Gasteiger partial charge in [0.1, 0.15) is 11.6 Å². The van der Waals surface area contributed by atoms with E-state index in [1.54, 1.807) is 6.92 Å². The van der Waals surface area contributed by atoms with Gasteiger partial charge in [-0.05, 0) is 26.0 Å². The Morgan fingerprint density at radius 1 is 1.24 bits per heavy atom. The number of anilines is 1. The van der Waals surface area contributed by atoms with Crippen molar-refractivity contribution in [3.63, 3.8) is 0 Å². The van der Waals surface area contributed by atoms with Crippen molar-refractivity contribution < 1.29 is 23.1 Å². The standard InChI is InChI=1S/C14H16F2N2O3/c1-8-9(2)21-4-3-18(8)14(20)13(19)17-12-6-10(15)5-11(16)7-12/h5-9H,3-4H2,1-2H3,(H,17,19)/t8-,9-/m0/s1. The minimum atomic E-state index is -0.930. The van der Waals surface area contributed by atoms with Gasteiger partial charge in [0.15, 0.2) is 0 Å². The van der Waals surface area contributed by atoms with Crippen LogP contribution in [-0.2, 0) is 14.3 Å². The Morgan fingerprint density at radius 2 is 1.86 bits per heavy atom. The Morgan fingerprint density at radius 3 is 2.48 bits per heavy atom. The van der Waals surface area contributed by atoms with Gasteiger partial charge in [0.25, 0.3) is 0 Å². The Kier molecular flexibility index (Phi) is 4.52. The van der Waals surface area contributed by atoms with Crippen molar-refractivity contribution >= 4 is 17.5 Å². The van der Waals surface area contributed by atoms with Crippen LogP contribution in [0, 0.1) is 11.6 Å². The number of morpholine rings is 1. The molecule has 5 nitrogen and oxygen atoms in total. The summed E-state index contributed by atoms with van der Waals surface area (Å²) in [7, 11) is 0. The summed E-state index contributed by atoms with van der Waals surface area (Å²) in [6, 6.07) is 2.32. The Hall–Kier alpha value is -2.02. The van der Waals surface area contributed by atoms with E-state index in [4.69, 9.17) is 4.74 Å². The molecule has 0 bridgehead atoms. The number of rotatable bonds is 1. The number of benzene rings is 1. The molecular formula is C14H16F2N2O3. The molecule has 2 rings (SSSR count). The predicted octanol–water partition coefficient (Wildman–Crippen LogP) is 1.54. The molecule has 1 saturated heterocycles. The van der Waals surface area contributed by atoms with Crippen molar-refractivity contribution in [1.29, 1.82) is 0 Å². The molecular weight excluding hydrogens is 282 g/mol. The summed E-state index contributed by atoms with van der Waals surface area (Å²) >= 11 is 0. The molecule has 21 heavy (non-hydrogen) atoms. The molecule has 2 atom stereocenters. The van der Waals surface area contributed by atoms with E-state index < -0.39 is 23.4 Å². The summed E-state index contributed by atoms with van der Waals surface area (Å²) in [5.74, 6) is -3.33. The van der Waals surface area contributed by atoms with E-state index in [-0.39, 0.29) is 17.8 Å². The number of hydrogen-bond acceptors (Lipinski definition) is 3. The number of carbonyl (C=O) groups is 2. The summed E-state index contributed by atoms with van der Waals surface area (Å²) < 4.78 is 31.5. The lowest BCUT2D eigenvalue weighted by molar-refractivity contribution is -0.152. The Balaban J connectivity index is 2.07. The summed E-state index contributed by atoms with van der Waals surface area (Å²) in [6.07, 6.45) is -0.179. The van der Waals surface area contributed by atoms with E-state index in [0.29, 0.717) is 19.2 Å². The number of hydrogen-bond donors (Lipinski definition) is 1. The van der Waals surface area contributed by atoms with Gasteiger partial charge in [-0.25, -0.2) is 8.78 Å². The van der Waals surface area contributed by atoms with Crippen LogP contribution < -0.4 is 5.32 Å². The Bertz CT molecular complexity index is 545. The van der Waals surface area contributed by atoms with Gasteiger partial charge in [-0.3, -0.25) is 9.59 Å². The molecule has 0 spiro atoms. The summed E-state index contributed by atoms with van der Waals surface area (Å²) in [4.78, 5) is 25.4. The highest BCUT2D eigenvalue weighted by Gasteiger charge is 2.32. The highest BCUT2D eigenvalue weighted by atomic mass is 19.1. The minimum Gasteiger partial charge on any atom is -0.375 e. The number of halogens is 2. The third-order valence-corrected chi connectivity index (χ3v) is 3.46. The monoisotopic (exact) mass is 298 g/mol. The highest BCUT2D eigenvalue weighted by molar-refractivity contribution is 6.39. The van der Waals surface area contributed by atoms with Crippen LogP contribution in [-0.4, -0.2) is 42.0 Å². The number of amides is 2. The van der Waals surface area contributed by atoms with Crippen LogP contribution in [0.15, 0.2) is 18.2 Å². The van der Waals surface area contributed by atoms with Crippen LogP contribution in [0.25, 0.3) is 0 Å². The minimum absolute atomic E-state index is 0.0974. The lowest BCUT2D eigenvalue weighted by atomic mass is 10.1. The van der Waals surface area contributed by atoms with Gasteiger partial charge < -0.3 is 15.0 Å². The number of carbonyl (C=O) groups excluding carboxylic acids is 2. The molecule has 1 aromatic carbocycles. The molecule has 2 amide bonds. The van der Waals surface area contributed by atoms with Gasteiger partial charge in [-0.15, -0.1) is 0 Å². The summed E-state index contributed by atoms with van der Waals surface area (Å²) in [5, 5.41) is 2.21. The van der Waals surface area contributed by atoms with Crippen molar-refractivity contribution in [3.05, 3.63) is 29.8 Å². The largest absolute Gasteiger partial charge is 0.375 e. The number of ether oxygens (including phenoxy) is 1. The van der Waals surface area contributed by atoms with Crippen LogP contribution in [0.1, 0.15) is 13.8 Å². The third kappa shape index (κ3) is 3.55. The van der Waals surface area contributed by atoms with Gasteiger partial charge in [0.05, 0.1) is 18.8 Å². The highest BCUT2D eigenvalue weighted by Crippen LogP contribution is 2.16. The average Bonchev–Trinajstić information content (AvgIpc) is 2.40. The zero-order valence-electron chi connectivity index (χ0n) is 11.7. The molecule has 0 saturated carbocycles. The molecule has 1 heterocycles. The Labute approximate surface area is 120 Å². The van der Waals surface area contributed by atoms with Gasteiger partial charge in [-0.1, -0.05) is 0 Å². The summed E-state index contributed by atoms with van der Waals surface area (Å²) in [5.41, 5.74) is -0.0974. The van der Waals surface area contributed by atoms with Crippen molar-refractivity contribution in [2.75, 3.05) is 18.5 Å². The fourth-order valence-corrected chi connectivity index (χ4v) is 2.16. The van der Waals surface area contributed by atoms with Gasteiger partial charge >= 0.3 is 11.8 Å². The first-order valence-corrected chi connectivity index (χ1v) is 6.58. The van der Waals surface area contributed by atoms with E-state index in [0.717, 1.165) is 12.1 Å². The molecule has 1 aliphatic rings. The maximum Gasteiger partial charge on any atom is 0.313 e. The van der Waals surface area contributed by atoms with Crippen molar-refractivity contribution in [2.24, 2.45) is 0 Å². The van der Waals surface area contributed by atoms with Gasteiger partial charge in [0.2, 0.25) is 0 Å². The third-order valence-electron chi connectivity index (χ3n) is 3.46. The first-order valence-electron chi connectivity index (χ1n) is 6.58. The van der Waals surface area contributed by atoms with Crippen molar-refractivity contribution in [2.45, 2.75) is 26.0 Å². The normalized spacial score (nSPS) is 22.0. The first kappa shape index (κ1) is 15.4. The first-order chi connectivity index (χ1) is 9.88. The molecule has 1 aliphatic heterocycles. The number of nitrogens with one attached hydrogen (secondary N) is 1. The number of nitrogens with zero attached hydrogens (tertiary/aromatic N) is 1. The molecule has 1 fully saturated rings. The zero-order chi connectivity index (χ0) is 15.6. The van der Waals surface area contributed by atoms with Gasteiger partial charge in [-0.2, -0.15) is 0 Å². The zero-order valence-corrected chi connectivity index (χ0v) is 11.7. The molecule has 1 N–H and O–H groups in total. The predicted molar refractivity (Wildman–Crippen MR) is 71.6 cm³/mol. The second-order valence-corrected chi connectivity index (χ2v) is 4.93. The maximum atomic E-state index is 13.0. The van der Waals surface area contributed by atoms with Crippen LogP contribution in [0.2, 0.25) is 0 Å². The lowest BCUT2D eigenvalue weighted by Crippen LogP contribution is -2.54. The lowest BCUT2D eigenvalue weighted by Gasteiger charge is -2.37. The molecule has 0 aromatic heterocycles. The van der Waals surface area contributed by atoms with E-state index in [2.05, 4.69) is 5.32 Å². The maximum absolute atomic E-state index is 13.0. The second-order valence-electron chi connectivity index (χ2n) is 4.93.